The minimum absolute atomic E-state index is 0.0539. The summed E-state index contributed by atoms with van der Waals surface area (Å²) in [5.41, 5.74) is 0. The van der Waals surface area contributed by atoms with Crippen molar-refractivity contribution in [3.63, 3.8) is 0 Å². The molecule has 0 spiro atoms. The fourth-order valence-corrected chi connectivity index (χ4v) is 3.36. The van der Waals surface area contributed by atoms with E-state index in [2.05, 4.69) is 10.6 Å². The Labute approximate surface area is 136 Å². The summed E-state index contributed by atoms with van der Waals surface area (Å²) >= 11 is 0. The molecule has 2 aliphatic rings. The molecule has 1 saturated carbocycles. The Balaban J connectivity index is 1.55. The zero-order valence-corrected chi connectivity index (χ0v) is 13.6. The lowest BCUT2D eigenvalue weighted by molar-refractivity contribution is -0.141. The molecule has 0 aromatic rings. The second kappa shape index (κ2) is 8.74. The van der Waals surface area contributed by atoms with Crippen molar-refractivity contribution < 1.29 is 19.5 Å². The van der Waals surface area contributed by atoms with Gasteiger partial charge in [0.2, 0.25) is 5.91 Å². The third-order valence-corrected chi connectivity index (χ3v) is 4.75. The van der Waals surface area contributed by atoms with E-state index in [4.69, 9.17) is 5.11 Å². The van der Waals surface area contributed by atoms with Gasteiger partial charge in [-0.1, -0.05) is 19.3 Å². The largest absolute Gasteiger partial charge is 0.481 e. The van der Waals surface area contributed by atoms with Crippen LogP contribution in [0.1, 0.15) is 44.9 Å². The van der Waals surface area contributed by atoms with E-state index in [9.17, 15) is 14.4 Å². The van der Waals surface area contributed by atoms with Crippen LogP contribution in [0.3, 0.4) is 0 Å². The van der Waals surface area contributed by atoms with Gasteiger partial charge in [-0.2, -0.15) is 0 Å². The number of carboxylic acid groups (broad SMARTS) is 1. The van der Waals surface area contributed by atoms with Crippen molar-refractivity contribution in [2.75, 3.05) is 26.2 Å². The number of aliphatic carboxylic acids is 1. The fraction of sp³-hybridized carbons (Fsp3) is 0.812. The lowest BCUT2D eigenvalue weighted by Crippen LogP contribution is -2.42. The summed E-state index contributed by atoms with van der Waals surface area (Å²) in [5, 5.41) is 14.5. The molecule has 1 unspecified atom stereocenters. The highest BCUT2D eigenvalue weighted by molar-refractivity contribution is 5.78. The van der Waals surface area contributed by atoms with Crippen LogP contribution in [0.4, 0.5) is 4.79 Å². The quantitative estimate of drug-likeness (QED) is 0.639. The number of hydrogen-bond acceptors (Lipinski definition) is 3. The molecule has 1 aliphatic heterocycles. The van der Waals surface area contributed by atoms with Crippen LogP contribution < -0.4 is 10.6 Å². The minimum atomic E-state index is -0.852. The monoisotopic (exact) mass is 325 g/mol. The topological polar surface area (TPSA) is 98.7 Å². The Morgan fingerprint density at radius 1 is 1.00 bits per heavy atom. The molecule has 23 heavy (non-hydrogen) atoms. The number of hydrogen-bond donors (Lipinski definition) is 3. The first-order chi connectivity index (χ1) is 11.1. The molecule has 2 fully saturated rings. The third kappa shape index (κ3) is 5.73. The summed E-state index contributed by atoms with van der Waals surface area (Å²) in [4.78, 5) is 36.1. The van der Waals surface area contributed by atoms with Gasteiger partial charge in [0.05, 0.1) is 5.92 Å². The first kappa shape index (κ1) is 17.6. The summed E-state index contributed by atoms with van der Waals surface area (Å²) < 4.78 is 0. The second-order valence-corrected chi connectivity index (χ2v) is 6.56. The summed E-state index contributed by atoms with van der Waals surface area (Å²) in [5.74, 6) is -0.750. The molecule has 1 atom stereocenters. The number of rotatable bonds is 6. The van der Waals surface area contributed by atoms with Crippen LogP contribution in [0, 0.1) is 11.8 Å². The molecule has 130 valence electrons. The third-order valence-electron chi connectivity index (χ3n) is 4.75. The molecule has 2 rings (SSSR count). The number of carboxylic acids is 1. The average molecular weight is 325 g/mol. The lowest BCUT2D eigenvalue weighted by Gasteiger charge is -2.21. The van der Waals surface area contributed by atoms with E-state index in [1.54, 1.807) is 0 Å². The van der Waals surface area contributed by atoms with Gasteiger partial charge < -0.3 is 20.6 Å². The predicted molar refractivity (Wildman–Crippen MR) is 84.9 cm³/mol. The average Bonchev–Trinajstić information content (AvgIpc) is 3.02. The van der Waals surface area contributed by atoms with Crippen molar-refractivity contribution in [3.8, 4) is 0 Å². The van der Waals surface area contributed by atoms with E-state index in [-0.39, 0.29) is 18.5 Å². The molecule has 7 nitrogen and oxygen atoms in total. The summed E-state index contributed by atoms with van der Waals surface area (Å²) in [6, 6.07) is -0.254. The highest BCUT2D eigenvalue weighted by atomic mass is 16.4. The molecular weight excluding hydrogens is 298 g/mol. The van der Waals surface area contributed by atoms with Gasteiger partial charge in [0.25, 0.3) is 0 Å². The Morgan fingerprint density at radius 3 is 2.35 bits per heavy atom. The summed E-state index contributed by atoms with van der Waals surface area (Å²) in [6.45, 7) is 1.50. The van der Waals surface area contributed by atoms with Gasteiger partial charge in [0.15, 0.2) is 0 Å². The lowest BCUT2D eigenvalue weighted by atomic mass is 9.87. The fourth-order valence-electron chi connectivity index (χ4n) is 3.36. The number of urea groups is 1. The molecule has 0 aromatic heterocycles. The first-order valence-electron chi connectivity index (χ1n) is 8.58. The molecule has 1 heterocycles. The van der Waals surface area contributed by atoms with Crippen LogP contribution in [0.2, 0.25) is 0 Å². The molecule has 1 saturated heterocycles. The van der Waals surface area contributed by atoms with E-state index in [1.807, 2.05) is 0 Å². The number of nitrogens with zero attached hydrogens (tertiary/aromatic N) is 1. The Hall–Kier alpha value is -1.79. The molecule has 0 radical (unpaired) electrons. The molecule has 0 aromatic carbocycles. The van der Waals surface area contributed by atoms with Crippen LogP contribution >= 0.6 is 0 Å². The van der Waals surface area contributed by atoms with E-state index >= 15 is 0 Å². The van der Waals surface area contributed by atoms with Gasteiger partial charge in [-0.15, -0.1) is 0 Å². The van der Waals surface area contributed by atoms with Crippen LogP contribution in [0.25, 0.3) is 0 Å². The van der Waals surface area contributed by atoms with E-state index < -0.39 is 11.9 Å². The van der Waals surface area contributed by atoms with Gasteiger partial charge in [-0.25, -0.2) is 4.79 Å². The maximum atomic E-state index is 11.9. The van der Waals surface area contributed by atoms with E-state index in [0.717, 1.165) is 12.8 Å². The molecule has 7 heteroatoms. The maximum Gasteiger partial charge on any atom is 0.317 e. The predicted octanol–water partition coefficient (Wildman–Crippen LogP) is 1.19. The highest BCUT2D eigenvalue weighted by Gasteiger charge is 2.30. The van der Waals surface area contributed by atoms with Gasteiger partial charge in [-0.3, -0.25) is 9.59 Å². The number of nitrogens with one attached hydrogen (secondary N) is 2. The van der Waals surface area contributed by atoms with Gasteiger partial charge in [-0.05, 0) is 25.2 Å². The van der Waals surface area contributed by atoms with Crippen LogP contribution in [0.15, 0.2) is 0 Å². The SMILES string of the molecule is O=C(CC1CCCCC1)NCCNC(=O)N1CCC(C(=O)O)C1. The number of carbonyl (C=O) groups is 3. The first-order valence-corrected chi connectivity index (χ1v) is 8.58. The van der Waals surface area contributed by atoms with Crippen molar-refractivity contribution >= 4 is 17.9 Å². The summed E-state index contributed by atoms with van der Waals surface area (Å²) in [6.07, 6.45) is 7.10. The Bertz CT molecular complexity index is 435. The number of likely N-dealkylation sites (tertiary alicyclic amines) is 1. The molecule has 3 amide bonds. The summed E-state index contributed by atoms with van der Waals surface area (Å²) in [7, 11) is 0. The standard InChI is InChI=1S/C16H27N3O4/c20-14(10-12-4-2-1-3-5-12)17-7-8-18-16(23)19-9-6-13(11-19)15(21)22/h12-13H,1-11H2,(H,17,20)(H,18,23)(H,21,22). The molecule has 1 aliphatic carbocycles. The van der Waals surface area contributed by atoms with Crippen molar-refractivity contribution in [1.82, 2.24) is 15.5 Å². The minimum Gasteiger partial charge on any atom is -0.481 e. The van der Waals surface area contributed by atoms with Gasteiger partial charge >= 0.3 is 12.0 Å². The van der Waals surface area contributed by atoms with Gasteiger partial charge in [0.1, 0.15) is 0 Å². The van der Waals surface area contributed by atoms with E-state index in [0.29, 0.717) is 38.4 Å². The highest BCUT2D eigenvalue weighted by Crippen LogP contribution is 2.25. The Kier molecular flexibility index (Phi) is 6.67. The van der Waals surface area contributed by atoms with Crippen LogP contribution in [-0.4, -0.2) is 54.1 Å². The zero-order valence-electron chi connectivity index (χ0n) is 13.6. The van der Waals surface area contributed by atoms with Crippen molar-refractivity contribution in [2.24, 2.45) is 11.8 Å². The second-order valence-electron chi connectivity index (χ2n) is 6.56. The molecular formula is C16H27N3O4. The Morgan fingerprint density at radius 2 is 1.70 bits per heavy atom. The maximum absolute atomic E-state index is 11.9. The smallest absolute Gasteiger partial charge is 0.317 e. The molecule has 3 N–H and O–H groups in total. The number of carbonyl (C=O) groups excluding carboxylic acids is 2. The van der Waals surface area contributed by atoms with Gasteiger partial charge in [0, 0.05) is 32.6 Å². The number of amides is 3. The van der Waals surface area contributed by atoms with E-state index in [1.165, 1.54) is 24.2 Å². The molecule has 0 bridgehead atoms. The van der Waals surface area contributed by atoms with Crippen molar-refractivity contribution in [1.29, 1.82) is 0 Å². The van der Waals surface area contributed by atoms with Crippen LogP contribution in [0.5, 0.6) is 0 Å². The zero-order chi connectivity index (χ0) is 16.7. The van der Waals surface area contributed by atoms with Crippen LogP contribution in [-0.2, 0) is 9.59 Å². The van der Waals surface area contributed by atoms with Crippen molar-refractivity contribution in [3.05, 3.63) is 0 Å². The van der Waals surface area contributed by atoms with Crippen molar-refractivity contribution in [2.45, 2.75) is 44.9 Å². The normalized spacial score (nSPS) is 21.9.